The Morgan fingerprint density at radius 2 is 2.00 bits per heavy atom. The SMILES string of the molecule is O=C(c1cc(S(=O)(=O)CCCO)c(F)cc1[N+](=O)[O-])N1CCNCC1. The highest BCUT2D eigenvalue weighted by Gasteiger charge is 2.31. The molecule has 1 aliphatic heterocycles. The standard InChI is InChI=1S/C14H18FN3O6S/c15-11-9-12(18(21)22)10(14(20)17-4-2-16-3-5-17)8-13(11)25(23,24)7-1-6-19/h8-9,16,19H,1-7H2. The molecule has 0 atom stereocenters. The van der Waals surface area contributed by atoms with Crippen molar-refractivity contribution in [1.29, 1.82) is 0 Å². The molecule has 25 heavy (non-hydrogen) atoms. The van der Waals surface area contributed by atoms with Gasteiger partial charge in [-0.25, -0.2) is 12.8 Å². The van der Waals surface area contributed by atoms with Gasteiger partial charge in [-0.05, 0) is 12.5 Å². The van der Waals surface area contributed by atoms with Gasteiger partial charge in [0.25, 0.3) is 11.6 Å². The number of aliphatic hydroxyl groups excluding tert-OH is 1. The van der Waals surface area contributed by atoms with Gasteiger partial charge in [-0.1, -0.05) is 0 Å². The van der Waals surface area contributed by atoms with Gasteiger partial charge >= 0.3 is 0 Å². The van der Waals surface area contributed by atoms with E-state index in [1.807, 2.05) is 0 Å². The number of nitro groups is 1. The highest BCUT2D eigenvalue weighted by atomic mass is 32.2. The molecule has 0 aliphatic carbocycles. The van der Waals surface area contributed by atoms with Gasteiger partial charge in [0.05, 0.1) is 16.7 Å². The van der Waals surface area contributed by atoms with E-state index in [1.54, 1.807) is 0 Å². The lowest BCUT2D eigenvalue weighted by molar-refractivity contribution is -0.385. The van der Waals surface area contributed by atoms with E-state index < -0.39 is 55.0 Å². The second-order valence-corrected chi connectivity index (χ2v) is 7.57. The summed E-state index contributed by atoms with van der Waals surface area (Å²) in [6.07, 6.45) is -0.111. The van der Waals surface area contributed by atoms with Crippen molar-refractivity contribution in [2.75, 3.05) is 38.5 Å². The summed E-state index contributed by atoms with van der Waals surface area (Å²) in [4.78, 5) is 23.4. The summed E-state index contributed by atoms with van der Waals surface area (Å²) in [6.45, 7) is 1.21. The van der Waals surface area contributed by atoms with Gasteiger partial charge in [0.2, 0.25) is 0 Å². The number of sulfone groups is 1. The number of hydrogen-bond acceptors (Lipinski definition) is 7. The van der Waals surface area contributed by atoms with Crippen LogP contribution in [0.3, 0.4) is 0 Å². The molecule has 9 nitrogen and oxygen atoms in total. The van der Waals surface area contributed by atoms with Crippen LogP contribution in [0.4, 0.5) is 10.1 Å². The number of nitrogens with one attached hydrogen (secondary N) is 1. The first-order valence-electron chi connectivity index (χ1n) is 7.59. The van der Waals surface area contributed by atoms with E-state index >= 15 is 0 Å². The van der Waals surface area contributed by atoms with Crippen LogP contribution in [0.15, 0.2) is 17.0 Å². The maximum Gasteiger partial charge on any atom is 0.285 e. The van der Waals surface area contributed by atoms with Crippen molar-refractivity contribution in [2.45, 2.75) is 11.3 Å². The van der Waals surface area contributed by atoms with Gasteiger partial charge < -0.3 is 15.3 Å². The normalized spacial score (nSPS) is 15.2. The Hall–Kier alpha value is -2.11. The summed E-state index contributed by atoms with van der Waals surface area (Å²) in [5.74, 6) is -2.53. The van der Waals surface area contributed by atoms with Crippen LogP contribution in [-0.4, -0.2) is 67.8 Å². The van der Waals surface area contributed by atoms with Crippen LogP contribution in [0, 0.1) is 15.9 Å². The third-order valence-electron chi connectivity index (χ3n) is 3.79. The van der Waals surface area contributed by atoms with Crippen LogP contribution in [0.5, 0.6) is 0 Å². The van der Waals surface area contributed by atoms with Crippen molar-refractivity contribution in [3.05, 3.63) is 33.6 Å². The maximum absolute atomic E-state index is 14.1. The van der Waals surface area contributed by atoms with Crippen molar-refractivity contribution in [3.8, 4) is 0 Å². The largest absolute Gasteiger partial charge is 0.396 e. The molecule has 1 heterocycles. The minimum absolute atomic E-state index is 0.111. The topological polar surface area (TPSA) is 130 Å². The average Bonchev–Trinajstić information content (AvgIpc) is 2.59. The Bertz CT molecular complexity index is 777. The van der Waals surface area contributed by atoms with Gasteiger partial charge in [0.1, 0.15) is 16.3 Å². The number of piperazine rings is 1. The van der Waals surface area contributed by atoms with Crippen LogP contribution >= 0.6 is 0 Å². The Morgan fingerprint density at radius 3 is 2.56 bits per heavy atom. The second kappa shape index (κ2) is 7.85. The second-order valence-electron chi connectivity index (χ2n) is 5.50. The van der Waals surface area contributed by atoms with Gasteiger partial charge in [-0.15, -0.1) is 0 Å². The zero-order valence-corrected chi connectivity index (χ0v) is 14.1. The lowest BCUT2D eigenvalue weighted by Gasteiger charge is -2.27. The fourth-order valence-electron chi connectivity index (χ4n) is 2.51. The highest BCUT2D eigenvalue weighted by molar-refractivity contribution is 7.91. The van der Waals surface area contributed by atoms with Gasteiger partial charge in [0.15, 0.2) is 9.84 Å². The van der Waals surface area contributed by atoms with Gasteiger partial charge in [-0.2, -0.15) is 0 Å². The van der Waals surface area contributed by atoms with Crippen molar-refractivity contribution < 1.29 is 27.6 Å². The molecule has 0 spiro atoms. The Labute approximate surface area is 143 Å². The Balaban J connectivity index is 2.51. The fourth-order valence-corrected chi connectivity index (χ4v) is 3.89. The lowest BCUT2D eigenvalue weighted by atomic mass is 10.1. The first-order chi connectivity index (χ1) is 11.8. The molecule has 1 saturated heterocycles. The summed E-state index contributed by atoms with van der Waals surface area (Å²) in [5.41, 5.74) is -1.24. The van der Waals surface area contributed by atoms with Crippen molar-refractivity contribution in [1.82, 2.24) is 10.2 Å². The number of carbonyl (C=O) groups is 1. The number of aliphatic hydroxyl groups is 1. The van der Waals surface area contributed by atoms with Crippen LogP contribution in [0.1, 0.15) is 16.8 Å². The summed E-state index contributed by atoms with van der Waals surface area (Å²) in [5, 5.41) is 22.9. The molecular formula is C14H18FN3O6S. The third kappa shape index (κ3) is 4.30. The number of carbonyl (C=O) groups excluding carboxylic acids is 1. The third-order valence-corrected chi connectivity index (χ3v) is 5.60. The predicted octanol–water partition coefficient (Wildman–Crippen LogP) is -0.0646. The number of halogens is 1. The summed E-state index contributed by atoms with van der Waals surface area (Å²) in [6, 6.07) is 1.19. The molecule has 2 rings (SSSR count). The number of hydrogen-bond donors (Lipinski definition) is 2. The van der Waals surface area contributed by atoms with E-state index in [9.17, 15) is 27.7 Å². The summed E-state index contributed by atoms with van der Waals surface area (Å²) in [7, 11) is -4.12. The average molecular weight is 375 g/mol. The van der Waals surface area contributed by atoms with Crippen molar-refractivity contribution in [3.63, 3.8) is 0 Å². The smallest absolute Gasteiger partial charge is 0.285 e. The molecule has 0 radical (unpaired) electrons. The number of benzene rings is 1. The van der Waals surface area contributed by atoms with E-state index in [0.717, 1.165) is 6.07 Å². The molecule has 0 saturated carbocycles. The molecule has 138 valence electrons. The molecule has 0 aromatic heterocycles. The first-order valence-corrected chi connectivity index (χ1v) is 9.24. The number of nitrogens with zero attached hydrogens (tertiary/aromatic N) is 2. The zero-order chi connectivity index (χ0) is 18.6. The Kier molecular flexibility index (Phi) is 6.03. The quantitative estimate of drug-likeness (QED) is 0.526. The van der Waals surface area contributed by atoms with Crippen LogP contribution in [0.25, 0.3) is 0 Å². The molecule has 0 unspecified atom stereocenters. The van der Waals surface area contributed by atoms with Crippen LogP contribution in [-0.2, 0) is 9.84 Å². The molecular weight excluding hydrogens is 357 g/mol. The number of nitro benzene ring substituents is 1. The van der Waals surface area contributed by atoms with E-state index in [-0.39, 0.29) is 6.42 Å². The molecule has 1 aromatic rings. The monoisotopic (exact) mass is 375 g/mol. The van der Waals surface area contributed by atoms with E-state index in [2.05, 4.69) is 5.32 Å². The van der Waals surface area contributed by atoms with E-state index in [1.165, 1.54) is 4.90 Å². The fraction of sp³-hybridized carbons (Fsp3) is 0.500. The number of amides is 1. The maximum atomic E-state index is 14.1. The van der Waals surface area contributed by atoms with E-state index in [4.69, 9.17) is 5.11 Å². The molecule has 1 amide bonds. The molecule has 1 aliphatic rings. The van der Waals surface area contributed by atoms with Crippen molar-refractivity contribution >= 4 is 21.4 Å². The first kappa shape index (κ1) is 19.2. The van der Waals surface area contributed by atoms with Crippen molar-refractivity contribution in [2.24, 2.45) is 0 Å². The molecule has 1 aromatic carbocycles. The Morgan fingerprint density at radius 1 is 1.36 bits per heavy atom. The van der Waals surface area contributed by atoms with Gasteiger partial charge in [0, 0.05) is 32.8 Å². The lowest BCUT2D eigenvalue weighted by Crippen LogP contribution is -2.46. The molecule has 0 bridgehead atoms. The van der Waals surface area contributed by atoms with Crippen LogP contribution < -0.4 is 5.32 Å². The summed E-state index contributed by atoms with van der Waals surface area (Å²) < 4.78 is 38.5. The molecule has 1 fully saturated rings. The van der Waals surface area contributed by atoms with E-state index in [0.29, 0.717) is 32.2 Å². The minimum atomic E-state index is -4.12. The zero-order valence-electron chi connectivity index (χ0n) is 13.3. The molecule has 11 heteroatoms. The van der Waals surface area contributed by atoms with Crippen LogP contribution in [0.2, 0.25) is 0 Å². The van der Waals surface area contributed by atoms with Gasteiger partial charge in [-0.3, -0.25) is 14.9 Å². The predicted molar refractivity (Wildman–Crippen MR) is 85.6 cm³/mol. The summed E-state index contributed by atoms with van der Waals surface area (Å²) >= 11 is 0. The highest BCUT2D eigenvalue weighted by Crippen LogP contribution is 2.28. The minimum Gasteiger partial charge on any atom is -0.396 e. The number of rotatable bonds is 6. The molecule has 2 N–H and O–H groups in total.